The second-order valence-corrected chi connectivity index (χ2v) is 3.17. The van der Waals surface area contributed by atoms with Gasteiger partial charge in [0.15, 0.2) is 17.7 Å². The average molecular weight is 227 g/mol. The van der Waals surface area contributed by atoms with Crippen molar-refractivity contribution in [1.29, 1.82) is 0 Å². The van der Waals surface area contributed by atoms with Gasteiger partial charge in [0, 0.05) is 0 Å². The van der Waals surface area contributed by atoms with E-state index in [1.54, 1.807) is 6.92 Å². The maximum absolute atomic E-state index is 13.3. The quantitative estimate of drug-likeness (QED) is 0.628. The molecule has 0 radical (unpaired) electrons. The van der Waals surface area contributed by atoms with Gasteiger partial charge in [0.25, 0.3) is 0 Å². The number of carbonyl (C=O) groups excluding carboxylic acids is 1. The minimum Gasteiger partial charge on any atom is -0.474 e. The van der Waals surface area contributed by atoms with Gasteiger partial charge < -0.3 is 15.2 Å². The number of esters is 1. The van der Waals surface area contributed by atoms with Crippen LogP contribution in [0.5, 0.6) is 5.75 Å². The number of hydrogen-bond donors (Lipinski definition) is 1. The van der Waals surface area contributed by atoms with Gasteiger partial charge >= 0.3 is 5.97 Å². The highest BCUT2D eigenvalue weighted by atomic mass is 19.1. The van der Waals surface area contributed by atoms with E-state index in [2.05, 4.69) is 0 Å². The fourth-order valence-electron chi connectivity index (χ4n) is 1.13. The molecule has 1 rings (SSSR count). The molecule has 0 aliphatic rings. The summed E-state index contributed by atoms with van der Waals surface area (Å²) in [5, 5.41) is 0. The highest BCUT2D eigenvalue weighted by molar-refractivity contribution is 5.75. The van der Waals surface area contributed by atoms with Gasteiger partial charge in [-0.25, -0.2) is 9.18 Å². The number of nitrogens with two attached hydrogens (primary N) is 1. The fraction of sp³-hybridized carbons (Fsp3) is 0.364. The molecule has 0 saturated heterocycles. The number of hydrogen-bond acceptors (Lipinski definition) is 4. The predicted octanol–water partition coefficient (Wildman–Crippen LogP) is 1.74. The summed E-state index contributed by atoms with van der Waals surface area (Å²) >= 11 is 0. The molecule has 0 fully saturated rings. The molecule has 0 aliphatic heterocycles. The summed E-state index contributed by atoms with van der Waals surface area (Å²) in [6.45, 7) is 3.41. The molecule has 0 aromatic heterocycles. The standard InChI is InChI=1S/C11H14FNO3/c1-3-15-11(14)7(2)16-10-8(12)5-4-6-9(10)13/h4-7H,3,13H2,1-2H3. The Labute approximate surface area is 93.2 Å². The lowest BCUT2D eigenvalue weighted by Crippen LogP contribution is -2.26. The Hall–Kier alpha value is -1.78. The van der Waals surface area contributed by atoms with Crippen molar-refractivity contribution in [2.75, 3.05) is 12.3 Å². The number of carbonyl (C=O) groups is 1. The van der Waals surface area contributed by atoms with Crippen LogP contribution in [0.2, 0.25) is 0 Å². The van der Waals surface area contributed by atoms with E-state index in [-0.39, 0.29) is 18.0 Å². The second-order valence-electron chi connectivity index (χ2n) is 3.17. The molecule has 0 bridgehead atoms. The summed E-state index contributed by atoms with van der Waals surface area (Å²) in [4.78, 5) is 11.3. The average Bonchev–Trinajstić information content (AvgIpc) is 2.23. The third-order valence-corrected chi connectivity index (χ3v) is 1.91. The summed E-state index contributed by atoms with van der Waals surface area (Å²) in [6, 6.07) is 4.17. The summed E-state index contributed by atoms with van der Waals surface area (Å²) < 4.78 is 23.1. The summed E-state index contributed by atoms with van der Waals surface area (Å²) in [6.07, 6.45) is -0.890. The number of benzene rings is 1. The zero-order chi connectivity index (χ0) is 12.1. The van der Waals surface area contributed by atoms with Gasteiger partial charge in [-0.15, -0.1) is 0 Å². The Morgan fingerprint density at radius 1 is 1.56 bits per heavy atom. The highest BCUT2D eigenvalue weighted by Gasteiger charge is 2.18. The zero-order valence-corrected chi connectivity index (χ0v) is 9.20. The largest absolute Gasteiger partial charge is 0.474 e. The molecule has 88 valence electrons. The number of rotatable bonds is 4. The molecule has 16 heavy (non-hydrogen) atoms. The van der Waals surface area contributed by atoms with Gasteiger partial charge in [0.2, 0.25) is 0 Å². The van der Waals surface area contributed by atoms with E-state index >= 15 is 0 Å². The van der Waals surface area contributed by atoms with Gasteiger partial charge in [-0.3, -0.25) is 0 Å². The van der Waals surface area contributed by atoms with Crippen molar-refractivity contribution in [3.63, 3.8) is 0 Å². The zero-order valence-electron chi connectivity index (χ0n) is 9.20. The van der Waals surface area contributed by atoms with Crippen molar-refractivity contribution >= 4 is 11.7 Å². The second kappa shape index (κ2) is 5.34. The summed E-state index contributed by atoms with van der Waals surface area (Å²) in [5.41, 5.74) is 5.68. The molecule has 0 amide bonds. The normalized spacial score (nSPS) is 11.9. The lowest BCUT2D eigenvalue weighted by atomic mass is 10.3. The van der Waals surface area contributed by atoms with Gasteiger partial charge in [0.1, 0.15) is 0 Å². The van der Waals surface area contributed by atoms with E-state index in [0.717, 1.165) is 0 Å². The molecule has 4 nitrogen and oxygen atoms in total. The maximum atomic E-state index is 13.3. The maximum Gasteiger partial charge on any atom is 0.347 e. The molecule has 0 saturated carbocycles. The first kappa shape index (κ1) is 12.3. The van der Waals surface area contributed by atoms with Crippen LogP contribution in [0.15, 0.2) is 18.2 Å². The Kier molecular flexibility index (Phi) is 4.10. The lowest BCUT2D eigenvalue weighted by molar-refractivity contribution is -0.150. The van der Waals surface area contributed by atoms with Gasteiger partial charge in [0.05, 0.1) is 12.3 Å². The Morgan fingerprint density at radius 2 is 2.25 bits per heavy atom. The summed E-state index contributed by atoms with van der Waals surface area (Å²) in [7, 11) is 0. The Balaban J connectivity index is 2.76. The topological polar surface area (TPSA) is 61.5 Å². The smallest absolute Gasteiger partial charge is 0.347 e. The number of nitrogen functional groups attached to an aromatic ring is 1. The molecule has 1 unspecified atom stereocenters. The predicted molar refractivity (Wildman–Crippen MR) is 57.5 cm³/mol. The van der Waals surface area contributed by atoms with E-state index in [0.29, 0.717) is 0 Å². The Morgan fingerprint density at radius 3 is 2.81 bits per heavy atom. The molecular weight excluding hydrogens is 213 g/mol. The van der Waals surface area contributed by atoms with E-state index in [9.17, 15) is 9.18 Å². The van der Waals surface area contributed by atoms with Crippen molar-refractivity contribution < 1.29 is 18.7 Å². The van der Waals surface area contributed by atoms with Crippen LogP contribution in [-0.2, 0) is 9.53 Å². The van der Waals surface area contributed by atoms with Gasteiger partial charge in [-0.05, 0) is 26.0 Å². The molecular formula is C11H14FNO3. The monoisotopic (exact) mass is 227 g/mol. The van der Waals surface area contributed by atoms with Crippen LogP contribution in [0.25, 0.3) is 0 Å². The number of ether oxygens (including phenoxy) is 2. The minimum atomic E-state index is -0.890. The molecule has 0 aliphatic carbocycles. The molecule has 1 atom stereocenters. The van der Waals surface area contributed by atoms with E-state index in [4.69, 9.17) is 15.2 Å². The first-order chi connectivity index (χ1) is 7.56. The molecule has 1 aromatic rings. The third kappa shape index (κ3) is 2.85. The molecule has 5 heteroatoms. The molecule has 1 aromatic carbocycles. The van der Waals surface area contributed by atoms with Crippen molar-refractivity contribution in [2.45, 2.75) is 20.0 Å². The van der Waals surface area contributed by atoms with Crippen LogP contribution in [0.1, 0.15) is 13.8 Å². The van der Waals surface area contributed by atoms with Gasteiger partial charge in [-0.1, -0.05) is 6.07 Å². The van der Waals surface area contributed by atoms with E-state index in [1.807, 2.05) is 0 Å². The molecule has 0 heterocycles. The van der Waals surface area contributed by atoms with Crippen molar-refractivity contribution in [2.24, 2.45) is 0 Å². The number of halogens is 1. The minimum absolute atomic E-state index is 0.122. The number of para-hydroxylation sites is 1. The van der Waals surface area contributed by atoms with E-state index in [1.165, 1.54) is 25.1 Å². The molecule has 0 spiro atoms. The van der Waals surface area contributed by atoms with Crippen LogP contribution in [-0.4, -0.2) is 18.7 Å². The Bertz CT molecular complexity index is 361. The third-order valence-electron chi connectivity index (χ3n) is 1.91. The lowest BCUT2D eigenvalue weighted by Gasteiger charge is -2.15. The van der Waals surface area contributed by atoms with Gasteiger partial charge in [-0.2, -0.15) is 0 Å². The number of anilines is 1. The molecule has 2 N–H and O–H groups in total. The first-order valence-electron chi connectivity index (χ1n) is 4.93. The fourth-order valence-corrected chi connectivity index (χ4v) is 1.13. The van der Waals surface area contributed by atoms with Crippen LogP contribution in [0.3, 0.4) is 0 Å². The van der Waals surface area contributed by atoms with Crippen molar-refractivity contribution in [1.82, 2.24) is 0 Å². The van der Waals surface area contributed by atoms with Crippen LogP contribution in [0.4, 0.5) is 10.1 Å². The SMILES string of the molecule is CCOC(=O)C(C)Oc1c(N)cccc1F. The van der Waals surface area contributed by atoms with Crippen molar-refractivity contribution in [3.8, 4) is 5.75 Å². The van der Waals surface area contributed by atoms with Crippen LogP contribution < -0.4 is 10.5 Å². The van der Waals surface area contributed by atoms with Crippen LogP contribution in [0, 0.1) is 5.82 Å². The van der Waals surface area contributed by atoms with Crippen LogP contribution >= 0.6 is 0 Å². The summed E-state index contributed by atoms with van der Waals surface area (Å²) in [5.74, 6) is -1.27. The van der Waals surface area contributed by atoms with E-state index < -0.39 is 17.9 Å². The highest BCUT2D eigenvalue weighted by Crippen LogP contribution is 2.25. The first-order valence-corrected chi connectivity index (χ1v) is 4.93. The van der Waals surface area contributed by atoms with Crippen molar-refractivity contribution in [3.05, 3.63) is 24.0 Å².